The van der Waals surface area contributed by atoms with E-state index in [1.807, 2.05) is 0 Å². The molecule has 5 rings (SSSR count). The monoisotopic (exact) mass is 525 g/mol. The molecule has 10 atom stereocenters. The fourth-order valence-corrected chi connectivity index (χ4v) is 9.79. The minimum Gasteiger partial charge on any atom is -0.478 e. The van der Waals surface area contributed by atoms with Crippen molar-refractivity contribution >= 4 is 11.9 Å². The Labute approximate surface area is 227 Å². The molecule has 4 saturated carbocycles. The second kappa shape index (κ2) is 10.6. The molecule has 6 heteroatoms. The summed E-state index contributed by atoms with van der Waals surface area (Å²) in [5.41, 5.74) is 1.62. The highest BCUT2D eigenvalue weighted by atomic mass is 16.4. The summed E-state index contributed by atoms with van der Waals surface area (Å²) in [6.07, 6.45) is 9.39. The normalized spacial score (nSPS) is 40.9. The van der Waals surface area contributed by atoms with Gasteiger partial charge in [0.2, 0.25) is 5.91 Å². The number of carboxylic acids is 1. The van der Waals surface area contributed by atoms with Gasteiger partial charge in [-0.2, -0.15) is 0 Å². The molecule has 0 radical (unpaired) electrons. The first-order valence-electron chi connectivity index (χ1n) is 15.0. The predicted molar refractivity (Wildman–Crippen MR) is 146 cm³/mol. The molecule has 0 aromatic heterocycles. The molecule has 4 aliphatic carbocycles. The molecule has 4 N–H and O–H groups in total. The largest absolute Gasteiger partial charge is 0.478 e. The molecule has 0 bridgehead atoms. The summed E-state index contributed by atoms with van der Waals surface area (Å²) < 4.78 is 0. The van der Waals surface area contributed by atoms with Gasteiger partial charge in [-0.3, -0.25) is 4.79 Å². The number of hydrogen-bond donors (Lipinski definition) is 4. The number of aliphatic hydroxyl groups is 2. The topological polar surface area (TPSA) is 107 Å². The molecule has 0 heterocycles. The van der Waals surface area contributed by atoms with Crippen molar-refractivity contribution in [2.75, 3.05) is 0 Å². The molecule has 0 aliphatic heterocycles. The summed E-state index contributed by atoms with van der Waals surface area (Å²) in [6.45, 7) is 7.67. The van der Waals surface area contributed by atoms with Gasteiger partial charge in [0, 0.05) is 13.0 Å². The molecule has 4 fully saturated rings. The first-order valence-corrected chi connectivity index (χ1v) is 15.0. The van der Waals surface area contributed by atoms with E-state index >= 15 is 0 Å². The van der Waals surface area contributed by atoms with Crippen LogP contribution in [0.5, 0.6) is 0 Å². The standard InChI is InChI=1S/C32H47NO5/c1-19(4-11-28(36)33-18-20-5-7-21(8-6-20)30(37)38)24-9-10-25-29-26(13-15-32(24,25)3)31(2)14-12-23(34)16-22(31)17-27(29)35/h5-8,19,22-27,29,34-35H,4,9-18H2,1-3H3,(H,33,36)(H,37,38)/t19-,22+,23-,24-,25+,26+,27+,29+,31+,32-/m1/s1. The Bertz CT molecular complexity index is 1030. The molecule has 1 aromatic rings. The van der Waals surface area contributed by atoms with E-state index in [1.165, 1.54) is 25.7 Å². The van der Waals surface area contributed by atoms with Gasteiger partial charge in [0.15, 0.2) is 0 Å². The number of aliphatic hydroxyl groups excluding tert-OH is 2. The van der Waals surface area contributed by atoms with E-state index in [1.54, 1.807) is 24.3 Å². The average Bonchev–Trinajstić information content (AvgIpc) is 3.24. The number of hydrogen-bond acceptors (Lipinski definition) is 4. The Morgan fingerprint density at radius 1 is 0.974 bits per heavy atom. The van der Waals surface area contributed by atoms with Crippen LogP contribution in [0.15, 0.2) is 24.3 Å². The van der Waals surface area contributed by atoms with Gasteiger partial charge in [-0.15, -0.1) is 0 Å². The first kappa shape index (κ1) is 27.6. The maximum Gasteiger partial charge on any atom is 0.335 e. The number of rotatable bonds is 7. The number of carboxylic acid groups (broad SMARTS) is 1. The molecule has 6 nitrogen and oxygen atoms in total. The number of carbonyl (C=O) groups is 2. The fraction of sp³-hybridized carbons (Fsp3) is 0.750. The molecule has 0 spiro atoms. The van der Waals surface area contributed by atoms with Gasteiger partial charge in [0.05, 0.1) is 17.8 Å². The van der Waals surface area contributed by atoms with Gasteiger partial charge in [-0.1, -0.05) is 32.9 Å². The molecular formula is C32H47NO5. The van der Waals surface area contributed by atoms with Crippen molar-refractivity contribution in [1.29, 1.82) is 0 Å². The number of nitrogens with one attached hydrogen (secondary N) is 1. The Morgan fingerprint density at radius 2 is 1.66 bits per heavy atom. The third-order valence-corrected chi connectivity index (χ3v) is 11.9. The number of carbonyl (C=O) groups excluding carboxylic acids is 1. The summed E-state index contributed by atoms with van der Waals surface area (Å²) in [5.74, 6) is 2.06. The highest BCUT2D eigenvalue weighted by molar-refractivity contribution is 5.87. The average molecular weight is 526 g/mol. The highest BCUT2D eigenvalue weighted by Crippen LogP contribution is 2.68. The zero-order valence-electron chi connectivity index (χ0n) is 23.4. The van der Waals surface area contributed by atoms with Crippen LogP contribution in [0.4, 0.5) is 0 Å². The van der Waals surface area contributed by atoms with Crippen LogP contribution in [-0.2, 0) is 11.3 Å². The van der Waals surface area contributed by atoms with Crippen LogP contribution in [0, 0.1) is 46.3 Å². The summed E-state index contributed by atoms with van der Waals surface area (Å²) in [6, 6.07) is 6.64. The zero-order chi connectivity index (χ0) is 27.2. The van der Waals surface area contributed by atoms with Gasteiger partial charge >= 0.3 is 5.97 Å². The summed E-state index contributed by atoms with van der Waals surface area (Å²) in [7, 11) is 0. The van der Waals surface area contributed by atoms with E-state index in [-0.39, 0.29) is 34.5 Å². The van der Waals surface area contributed by atoms with Crippen molar-refractivity contribution < 1.29 is 24.9 Å². The molecule has 1 aromatic carbocycles. The summed E-state index contributed by atoms with van der Waals surface area (Å²) in [5, 5.41) is 33.8. The Balaban J connectivity index is 1.17. The second-order valence-electron chi connectivity index (χ2n) is 13.7. The summed E-state index contributed by atoms with van der Waals surface area (Å²) >= 11 is 0. The lowest BCUT2D eigenvalue weighted by atomic mass is 9.43. The van der Waals surface area contributed by atoms with Gasteiger partial charge in [0.25, 0.3) is 0 Å². The van der Waals surface area contributed by atoms with E-state index in [0.717, 1.165) is 37.7 Å². The Hall–Kier alpha value is -1.92. The molecule has 38 heavy (non-hydrogen) atoms. The Morgan fingerprint density at radius 3 is 2.37 bits per heavy atom. The van der Waals surface area contributed by atoms with Crippen molar-refractivity contribution in [2.45, 2.75) is 104 Å². The first-order chi connectivity index (χ1) is 18.0. The number of aromatic carboxylic acids is 1. The van der Waals surface area contributed by atoms with Crippen molar-refractivity contribution in [3.05, 3.63) is 35.4 Å². The Kier molecular flexibility index (Phi) is 7.69. The highest BCUT2D eigenvalue weighted by Gasteiger charge is 2.62. The van der Waals surface area contributed by atoms with Crippen molar-refractivity contribution in [2.24, 2.45) is 46.3 Å². The lowest BCUT2D eigenvalue weighted by Gasteiger charge is -2.62. The SMILES string of the molecule is C[C@H](CCC(=O)NCc1ccc(C(=O)O)cc1)[C@H]1CC[C@H]2[C@@H]3[C@@H](O)C[C@@H]4C[C@H](O)CC[C@]4(C)[C@H]3CC[C@]12C. The minimum atomic E-state index is -0.948. The van der Waals surface area contributed by atoms with Gasteiger partial charge in [0.1, 0.15) is 0 Å². The minimum absolute atomic E-state index is 0.0451. The zero-order valence-corrected chi connectivity index (χ0v) is 23.4. The lowest BCUT2D eigenvalue weighted by molar-refractivity contribution is -0.174. The van der Waals surface area contributed by atoms with E-state index in [0.29, 0.717) is 48.5 Å². The van der Waals surface area contributed by atoms with E-state index in [4.69, 9.17) is 5.11 Å². The fourth-order valence-electron chi connectivity index (χ4n) is 9.79. The third-order valence-electron chi connectivity index (χ3n) is 11.9. The maximum atomic E-state index is 12.6. The maximum absolute atomic E-state index is 12.6. The van der Waals surface area contributed by atoms with E-state index in [9.17, 15) is 19.8 Å². The van der Waals surface area contributed by atoms with Crippen LogP contribution < -0.4 is 5.32 Å². The van der Waals surface area contributed by atoms with Gasteiger partial charge in [-0.05, 0) is 122 Å². The molecule has 4 aliphatic rings. The number of fused-ring (bicyclic) bond motifs is 5. The lowest BCUT2D eigenvalue weighted by Crippen LogP contribution is -2.58. The molecule has 0 saturated heterocycles. The molecular weight excluding hydrogens is 478 g/mol. The third kappa shape index (κ3) is 4.92. The van der Waals surface area contributed by atoms with Crippen LogP contribution in [0.1, 0.15) is 101 Å². The summed E-state index contributed by atoms with van der Waals surface area (Å²) in [4.78, 5) is 23.7. The van der Waals surface area contributed by atoms with Crippen molar-refractivity contribution in [1.82, 2.24) is 5.32 Å². The van der Waals surface area contributed by atoms with Crippen LogP contribution in [0.3, 0.4) is 0 Å². The van der Waals surface area contributed by atoms with Crippen LogP contribution >= 0.6 is 0 Å². The van der Waals surface area contributed by atoms with Gasteiger partial charge < -0.3 is 20.6 Å². The number of benzene rings is 1. The van der Waals surface area contributed by atoms with Crippen LogP contribution in [0.25, 0.3) is 0 Å². The van der Waals surface area contributed by atoms with E-state index < -0.39 is 5.97 Å². The molecule has 1 amide bonds. The van der Waals surface area contributed by atoms with Crippen LogP contribution in [-0.4, -0.2) is 39.4 Å². The van der Waals surface area contributed by atoms with Crippen LogP contribution in [0.2, 0.25) is 0 Å². The molecule has 0 unspecified atom stereocenters. The van der Waals surface area contributed by atoms with E-state index in [2.05, 4.69) is 26.1 Å². The molecule has 210 valence electrons. The van der Waals surface area contributed by atoms with Crippen molar-refractivity contribution in [3.63, 3.8) is 0 Å². The smallest absolute Gasteiger partial charge is 0.335 e. The number of amides is 1. The van der Waals surface area contributed by atoms with Gasteiger partial charge in [-0.25, -0.2) is 4.79 Å². The quantitative estimate of drug-likeness (QED) is 0.381. The van der Waals surface area contributed by atoms with Crippen molar-refractivity contribution in [3.8, 4) is 0 Å². The second-order valence-corrected chi connectivity index (χ2v) is 13.7. The predicted octanol–water partition coefficient (Wildman–Crippen LogP) is 5.41.